The van der Waals surface area contributed by atoms with Gasteiger partial charge in [-0.25, -0.2) is 4.98 Å². The molecule has 0 radical (unpaired) electrons. The number of carbonyl (C=O) groups excluding carboxylic acids is 1. The Kier molecular flexibility index (Phi) is 6.68. The number of rotatable bonds is 8. The number of halogens is 1. The molecule has 3 rings (SSSR count). The molecule has 0 fully saturated rings. The summed E-state index contributed by atoms with van der Waals surface area (Å²) < 4.78 is 10.2. The Morgan fingerprint density at radius 2 is 1.96 bits per heavy atom. The van der Waals surface area contributed by atoms with Gasteiger partial charge in [0.05, 0.1) is 24.8 Å². The van der Waals surface area contributed by atoms with E-state index in [4.69, 9.17) is 21.1 Å². The number of benzene rings is 2. The molecule has 0 aliphatic rings. The first-order valence-corrected chi connectivity index (χ1v) is 9.23. The van der Waals surface area contributed by atoms with Gasteiger partial charge in [0, 0.05) is 42.9 Å². The van der Waals surface area contributed by atoms with E-state index in [0.717, 1.165) is 27.9 Å². The number of hydrogen-bond acceptors (Lipinski definition) is 5. The molecule has 1 heterocycles. The predicted octanol–water partition coefficient (Wildman–Crippen LogP) is 3.89. The van der Waals surface area contributed by atoms with Gasteiger partial charge >= 0.3 is 0 Å². The van der Waals surface area contributed by atoms with E-state index in [1.807, 2.05) is 42.5 Å². The fourth-order valence-corrected chi connectivity index (χ4v) is 3.02. The maximum Gasteiger partial charge on any atom is 0.253 e. The summed E-state index contributed by atoms with van der Waals surface area (Å²) in [5.74, 6) is 0.574. The molecule has 7 heteroatoms. The Morgan fingerprint density at radius 3 is 2.75 bits per heavy atom. The topological polar surface area (TPSA) is 72.5 Å². The first-order chi connectivity index (χ1) is 13.6. The molecule has 0 spiro atoms. The molecule has 146 valence electrons. The zero-order valence-electron chi connectivity index (χ0n) is 15.8. The van der Waals surface area contributed by atoms with Crippen LogP contribution in [0.2, 0.25) is 5.15 Å². The molecule has 0 saturated heterocycles. The summed E-state index contributed by atoms with van der Waals surface area (Å²) in [7, 11) is 3.21. The van der Waals surface area contributed by atoms with Crippen molar-refractivity contribution in [2.45, 2.75) is 6.54 Å². The van der Waals surface area contributed by atoms with Crippen molar-refractivity contribution in [2.24, 2.45) is 0 Å². The number of hydrogen-bond donors (Lipinski definition) is 2. The highest BCUT2D eigenvalue weighted by Gasteiger charge is 2.12. The van der Waals surface area contributed by atoms with Gasteiger partial charge in [-0.05, 0) is 30.3 Å². The maximum atomic E-state index is 12.4. The average molecular weight is 400 g/mol. The van der Waals surface area contributed by atoms with Crippen molar-refractivity contribution in [3.63, 3.8) is 0 Å². The largest absolute Gasteiger partial charge is 0.497 e. The highest BCUT2D eigenvalue weighted by Crippen LogP contribution is 2.25. The molecule has 0 bridgehead atoms. The van der Waals surface area contributed by atoms with E-state index in [0.29, 0.717) is 30.4 Å². The second-order valence-corrected chi connectivity index (χ2v) is 6.50. The fraction of sp³-hybridized carbons (Fsp3) is 0.238. The second-order valence-electron chi connectivity index (χ2n) is 6.14. The lowest BCUT2D eigenvalue weighted by molar-refractivity contribution is 0.0938. The van der Waals surface area contributed by atoms with Crippen LogP contribution in [0, 0.1) is 0 Å². The molecule has 28 heavy (non-hydrogen) atoms. The number of carbonyl (C=O) groups is 1. The number of methoxy groups -OCH3 is 2. The molecule has 0 aliphatic carbocycles. The second kappa shape index (κ2) is 9.39. The van der Waals surface area contributed by atoms with Gasteiger partial charge < -0.3 is 20.1 Å². The van der Waals surface area contributed by atoms with Crippen LogP contribution < -0.4 is 15.4 Å². The smallest absolute Gasteiger partial charge is 0.253 e. The lowest BCUT2D eigenvalue weighted by Crippen LogP contribution is -2.27. The molecular formula is C21H22ClN3O3. The summed E-state index contributed by atoms with van der Waals surface area (Å²) in [5, 5.41) is 7.50. The van der Waals surface area contributed by atoms with Crippen LogP contribution in [0.25, 0.3) is 10.9 Å². The van der Waals surface area contributed by atoms with Crippen molar-refractivity contribution in [1.29, 1.82) is 0 Å². The van der Waals surface area contributed by atoms with Gasteiger partial charge in [-0.15, -0.1) is 0 Å². The third-order valence-corrected chi connectivity index (χ3v) is 4.61. The van der Waals surface area contributed by atoms with Crippen LogP contribution in [0.1, 0.15) is 15.9 Å². The lowest BCUT2D eigenvalue weighted by Gasteiger charge is -2.13. The van der Waals surface area contributed by atoms with Crippen LogP contribution in [0.5, 0.6) is 5.75 Å². The van der Waals surface area contributed by atoms with Gasteiger partial charge in [-0.1, -0.05) is 23.7 Å². The van der Waals surface area contributed by atoms with E-state index in [1.165, 1.54) is 0 Å². The molecule has 2 aromatic carbocycles. The number of aromatic nitrogens is 1. The van der Waals surface area contributed by atoms with Crippen molar-refractivity contribution in [3.05, 3.63) is 64.8 Å². The maximum absolute atomic E-state index is 12.4. The first-order valence-electron chi connectivity index (χ1n) is 8.85. The summed E-state index contributed by atoms with van der Waals surface area (Å²) in [6.45, 7) is 1.36. The van der Waals surface area contributed by atoms with Gasteiger partial charge in [0.15, 0.2) is 0 Å². The van der Waals surface area contributed by atoms with Crippen molar-refractivity contribution in [1.82, 2.24) is 10.3 Å². The van der Waals surface area contributed by atoms with Gasteiger partial charge in [0.2, 0.25) is 0 Å². The molecule has 0 unspecified atom stereocenters. The third kappa shape index (κ3) is 4.71. The summed E-state index contributed by atoms with van der Waals surface area (Å²) in [4.78, 5) is 16.9. The molecule has 0 atom stereocenters. The highest BCUT2D eigenvalue weighted by atomic mass is 35.5. The standard InChI is InChI=1S/C21H22ClN3O3/c1-27-10-9-23-21(26)17-5-3-4-6-18(17)24-13-15-11-14-7-8-16(28-2)12-19(14)25-20(15)22/h3-8,11-12,24H,9-10,13H2,1-2H3,(H,23,26). The number of amides is 1. The van der Waals surface area contributed by atoms with Gasteiger partial charge in [-0.3, -0.25) is 4.79 Å². The van der Waals surface area contributed by atoms with Crippen LogP contribution in [0.4, 0.5) is 5.69 Å². The van der Waals surface area contributed by atoms with Gasteiger partial charge in [0.25, 0.3) is 5.91 Å². The van der Waals surface area contributed by atoms with Crippen LogP contribution in [0.15, 0.2) is 48.5 Å². The Hall–Kier alpha value is -2.83. The average Bonchev–Trinajstić information content (AvgIpc) is 2.72. The van der Waals surface area contributed by atoms with E-state index >= 15 is 0 Å². The van der Waals surface area contributed by atoms with E-state index < -0.39 is 0 Å². The molecular weight excluding hydrogens is 378 g/mol. The number of para-hydroxylation sites is 1. The van der Waals surface area contributed by atoms with Crippen LogP contribution in [-0.4, -0.2) is 38.3 Å². The molecule has 6 nitrogen and oxygen atoms in total. The van der Waals surface area contributed by atoms with E-state index in [-0.39, 0.29) is 5.91 Å². The quantitative estimate of drug-likeness (QED) is 0.444. The zero-order valence-corrected chi connectivity index (χ0v) is 16.5. The van der Waals surface area contributed by atoms with Crippen LogP contribution in [0.3, 0.4) is 0 Å². The predicted molar refractivity (Wildman–Crippen MR) is 111 cm³/mol. The number of nitrogens with one attached hydrogen (secondary N) is 2. The Bertz CT molecular complexity index is 978. The molecule has 0 saturated carbocycles. The normalized spacial score (nSPS) is 10.7. The van der Waals surface area contributed by atoms with Crippen molar-refractivity contribution < 1.29 is 14.3 Å². The summed E-state index contributed by atoms with van der Waals surface area (Å²) in [6, 6.07) is 15.0. The molecule has 1 aromatic heterocycles. The van der Waals surface area contributed by atoms with Crippen LogP contribution >= 0.6 is 11.6 Å². The third-order valence-electron chi connectivity index (χ3n) is 4.28. The van der Waals surface area contributed by atoms with Crippen molar-refractivity contribution in [2.75, 3.05) is 32.7 Å². The van der Waals surface area contributed by atoms with Gasteiger partial charge in [0.1, 0.15) is 10.9 Å². The Morgan fingerprint density at radius 1 is 1.14 bits per heavy atom. The number of ether oxygens (including phenoxy) is 2. The molecule has 3 aromatic rings. The van der Waals surface area contributed by atoms with E-state index in [1.54, 1.807) is 20.3 Å². The number of anilines is 1. The lowest BCUT2D eigenvalue weighted by atomic mass is 10.1. The number of nitrogens with zero attached hydrogens (tertiary/aromatic N) is 1. The first kappa shape index (κ1) is 19.9. The highest BCUT2D eigenvalue weighted by molar-refractivity contribution is 6.30. The summed E-state index contributed by atoms with van der Waals surface area (Å²) in [5.41, 5.74) is 2.90. The van der Waals surface area contributed by atoms with E-state index in [2.05, 4.69) is 15.6 Å². The van der Waals surface area contributed by atoms with E-state index in [9.17, 15) is 4.79 Å². The Labute approximate surface area is 168 Å². The SMILES string of the molecule is COCCNC(=O)c1ccccc1NCc1cc2ccc(OC)cc2nc1Cl. The zero-order chi connectivity index (χ0) is 19.9. The number of fused-ring (bicyclic) bond motifs is 1. The summed E-state index contributed by atoms with van der Waals surface area (Å²) >= 11 is 6.37. The monoisotopic (exact) mass is 399 g/mol. The van der Waals surface area contributed by atoms with Crippen molar-refractivity contribution in [3.8, 4) is 5.75 Å². The minimum absolute atomic E-state index is 0.157. The fourth-order valence-electron chi connectivity index (χ4n) is 2.81. The molecule has 1 amide bonds. The van der Waals surface area contributed by atoms with Crippen molar-refractivity contribution >= 4 is 34.1 Å². The minimum Gasteiger partial charge on any atom is -0.497 e. The Balaban J connectivity index is 1.77. The van der Waals surface area contributed by atoms with Crippen LogP contribution in [-0.2, 0) is 11.3 Å². The molecule has 0 aliphatic heterocycles. The van der Waals surface area contributed by atoms with Gasteiger partial charge in [-0.2, -0.15) is 0 Å². The summed E-state index contributed by atoms with van der Waals surface area (Å²) in [6.07, 6.45) is 0. The number of pyridine rings is 1. The minimum atomic E-state index is -0.157. The molecule has 2 N–H and O–H groups in total.